The van der Waals surface area contributed by atoms with Crippen LogP contribution in [0.5, 0.6) is 0 Å². The first-order valence-corrected chi connectivity index (χ1v) is 34.6. The summed E-state index contributed by atoms with van der Waals surface area (Å²) in [5.74, 6) is -1.36. The number of phosphoric ester groups is 2. The van der Waals surface area contributed by atoms with Crippen molar-refractivity contribution >= 4 is 39.5 Å². The van der Waals surface area contributed by atoms with E-state index in [-0.39, 0.29) is 25.7 Å². The molecule has 0 aliphatic carbocycles. The van der Waals surface area contributed by atoms with Crippen LogP contribution in [0, 0.1) is 5.92 Å². The first-order valence-electron chi connectivity index (χ1n) is 31.6. The van der Waals surface area contributed by atoms with Gasteiger partial charge in [0.25, 0.3) is 0 Å². The van der Waals surface area contributed by atoms with Crippen molar-refractivity contribution in [2.75, 3.05) is 39.6 Å². The lowest BCUT2D eigenvalue weighted by molar-refractivity contribution is -0.161. The third-order valence-corrected chi connectivity index (χ3v) is 15.7. The van der Waals surface area contributed by atoms with E-state index in [4.69, 9.17) is 37.0 Å². The maximum Gasteiger partial charge on any atom is 0.472 e. The van der Waals surface area contributed by atoms with Gasteiger partial charge in [-0.1, -0.05) is 247 Å². The normalized spacial score (nSPS) is 14.3. The molecule has 3 N–H and O–H groups in total. The predicted molar refractivity (Wildman–Crippen MR) is 312 cm³/mol. The van der Waals surface area contributed by atoms with Crippen molar-refractivity contribution in [3.05, 3.63) is 0 Å². The van der Waals surface area contributed by atoms with Crippen molar-refractivity contribution in [1.29, 1.82) is 0 Å². The van der Waals surface area contributed by atoms with Crippen molar-refractivity contribution in [2.45, 2.75) is 316 Å². The number of aliphatic hydroxyl groups is 1. The molecular formula is C60H116O17P2. The zero-order chi connectivity index (χ0) is 58.5. The summed E-state index contributed by atoms with van der Waals surface area (Å²) in [6, 6.07) is 0. The monoisotopic (exact) mass is 1170 g/mol. The molecule has 0 rings (SSSR count). The van der Waals surface area contributed by atoms with Crippen molar-refractivity contribution in [1.82, 2.24) is 0 Å². The number of aliphatic hydroxyl groups excluding tert-OH is 1. The molecule has 0 fully saturated rings. The number of hydrogen-bond acceptors (Lipinski definition) is 15. The molecule has 17 nitrogen and oxygen atoms in total. The first kappa shape index (κ1) is 77.1. The Labute approximate surface area is 479 Å². The summed E-state index contributed by atoms with van der Waals surface area (Å²) >= 11 is 0. The number of unbranched alkanes of at least 4 members (excludes halogenated alkanes) is 32. The number of ether oxygens (including phenoxy) is 4. The maximum absolute atomic E-state index is 12.9. The average molecular weight is 1170 g/mol. The van der Waals surface area contributed by atoms with Crippen molar-refractivity contribution in [2.24, 2.45) is 5.92 Å². The van der Waals surface area contributed by atoms with E-state index < -0.39 is 97.5 Å². The molecule has 0 heterocycles. The fourth-order valence-electron chi connectivity index (χ4n) is 8.88. The van der Waals surface area contributed by atoms with E-state index in [1.165, 1.54) is 116 Å². The average Bonchev–Trinajstić information content (AvgIpc) is 3.41. The smallest absolute Gasteiger partial charge is 0.462 e. The lowest BCUT2D eigenvalue weighted by atomic mass is 10.0. The number of hydrogen-bond donors (Lipinski definition) is 3. The van der Waals surface area contributed by atoms with E-state index in [1.54, 1.807) is 0 Å². The predicted octanol–water partition coefficient (Wildman–Crippen LogP) is 16.2. The maximum atomic E-state index is 12.9. The molecule has 0 aliphatic heterocycles. The molecular weight excluding hydrogens is 1050 g/mol. The van der Waals surface area contributed by atoms with E-state index in [1.807, 2.05) is 0 Å². The second-order valence-electron chi connectivity index (χ2n) is 22.2. The van der Waals surface area contributed by atoms with Crippen molar-refractivity contribution in [3.63, 3.8) is 0 Å². The molecule has 468 valence electrons. The van der Waals surface area contributed by atoms with Crippen LogP contribution in [0.3, 0.4) is 0 Å². The quantitative estimate of drug-likeness (QED) is 0.0222. The van der Waals surface area contributed by atoms with Gasteiger partial charge in [0.15, 0.2) is 12.2 Å². The second kappa shape index (κ2) is 54.0. The SMILES string of the molecule is CCCCCCCCCCCC(=O)OC[C@H](COP(=O)(O)OC[C@@H](O)COP(=O)(O)OC[C@@H](COC(=O)CCCCCCC)OC(=O)CCCCCCCCCCC)OC(=O)CCCCCCCCCCCCCCCC(C)C. The van der Waals surface area contributed by atoms with Crippen LogP contribution in [0.15, 0.2) is 0 Å². The lowest BCUT2D eigenvalue weighted by Crippen LogP contribution is -2.30. The van der Waals surface area contributed by atoms with Crippen LogP contribution in [0.2, 0.25) is 0 Å². The number of carbonyl (C=O) groups excluding carboxylic acids is 4. The summed E-state index contributed by atoms with van der Waals surface area (Å²) in [4.78, 5) is 71.7. The molecule has 0 aromatic heterocycles. The molecule has 0 aliphatic rings. The fourth-order valence-corrected chi connectivity index (χ4v) is 10.5. The lowest BCUT2D eigenvalue weighted by Gasteiger charge is -2.21. The zero-order valence-corrected chi connectivity index (χ0v) is 52.3. The Hall–Kier alpha value is -1.94. The van der Waals surface area contributed by atoms with E-state index in [2.05, 4.69) is 34.6 Å². The fraction of sp³-hybridized carbons (Fsp3) is 0.933. The van der Waals surface area contributed by atoms with Gasteiger partial charge >= 0.3 is 39.5 Å². The van der Waals surface area contributed by atoms with Gasteiger partial charge in [0.05, 0.1) is 26.4 Å². The molecule has 0 saturated carbocycles. The molecule has 2 unspecified atom stereocenters. The molecule has 0 radical (unpaired) electrons. The van der Waals surface area contributed by atoms with Gasteiger partial charge in [-0.2, -0.15) is 0 Å². The van der Waals surface area contributed by atoms with E-state index in [0.29, 0.717) is 25.7 Å². The van der Waals surface area contributed by atoms with Gasteiger partial charge in [0.1, 0.15) is 19.3 Å². The van der Waals surface area contributed by atoms with Crippen LogP contribution in [0.1, 0.15) is 298 Å². The summed E-state index contributed by atoms with van der Waals surface area (Å²) in [5, 5.41) is 10.5. The molecule has 0 bridgehead atoms. The summed E-state index contributed by atoms with van der Waals surface area (Å²) in [6.07, 6.45) is 36.5. The van der Waals surface area contributed by atoms with Crippen LogP contribution < -0.4 is 0 Å². The van der Waals surface area contributed by atoms with Gasteiger partial charge in [-0.05, 0) is 31.6 Å². The molecule has 0 aromatic carbocycles. The zero-order valence-electron chi connectivity index (χ0n) is 50.5. The Kier molecular flexibility index (Phi) is 52.7. The summed E-state index contributed by atoms with van der Waals surface area (Å²) < 4.78 is 67.6. The van der Waals surface area contributed by atoms with Crippen LogP contribution in [0.25, 0.3) is 0 Å². The Morgan fingerprint density at radius 1 is 0.342 bits per heavy atom. The van der Waals surface area contributed by atoms with Gasteiger partial charge in [-0.25, -0.2) is 9.13 Å². The number of esters is 4. The highest BCUT2D eigenvalue weighted by molar-refractivity contribution is 7.47. The molecule has 0 amide bonds. The Balaban J connectivity index is 5.14. The van der Waals surface area contributed by atoms with Crippen molar-refractivity contribution in [3.8, 4) is 0 Å². The van der Waals surface area contributed by atoms with Gasteiger partial charge < -0.3 is 33.8 Å². The van der Waals surface area contributed by atoms with Crippen LogP contribution in [0.4, 0.5) is 0 Å². The van der Waals surface area contributed by atoms with Crippen molar-refractivity contribution < 1.29 is 80.2 Å². The summed E-state index contributed by atoms with van der Waals surface area (Å²) in [6.45, 7) is 7.06. The largest absolute Gasteiger partial charge is 0.472 e. The van der Waals surface area contributed by atoms with Gasteiger partial charge in [0.2, 0.25) is 0 Å². The topological polar surface area (TPSA) is 237 Å². The number of phosphoric acid groups is 2. The van der Waals surface area contributed by atoms with Gasteiger partial charge in [0, 0.05) is 25.7 Å². The summed E-state index contributed by atoms with van der Waals surface area (Å²) in [5.41, 5.74) is 0. The van der Waals surface area contributed by atoms with Gasteiger partial charge in [-0.3, -0.25) is 37.3 Å². The molecule has 0 saturated heterocycles. The molecule has 79 heavy (non-hydrogen) atoms. The Morgan fingerprint density at radius 3 is 0.861 bits per heavy atom. The highest BCUT2D eigenvalue weighted by Crippen LogP contribution is 2.45. The van der Waals surface area contributed by atoms with Gasteiger partial charge in [-0.15, -0.1) is 0 Å². The molecule has 5 atom stereocenters. The molecule has 19 heteroatoms. The highest BCUT2D eigenvalue weighted by Gasteiger charge is 2.30. The summed E-state index contributed by atoms with van der Waals surface area (Å²) in [7, 11) is -9.86. The standard InChI is InChI=1S/C60H116O17P2/c1-6-9-12-15-17-24-29-34-39-44-58(63)71-50-56(77-60(65)46-41-36-31-27-23-21-19-20-22-26-28-33-37-42-53(4)5)52-75-79(68,69)73-48-54(61)47-72-78(66,67)74-51-55(49-70-57(62)43-38-32-14-11-8-3)76-59(64)45-40-35-30-25-18-16-13-10-7-2/h53-56,61H,6-52H2,1-5H3,(H,66,67)(H,68,69)/t54-,55+,56+/m0/s1. The minimum absolute atomic E-state index is 0.105. The third-order valence-electron chi connectivity index (χ3n) is 13.8. The Morgan fingerprint density at radius 2 is 0.582 bits per heavy atom. The van der Waals surface area contributed by atoms with Crippen LogP contribution in [-0.4, -0.2) is 96.7 Å². The Bertz CT molecular complexity index is 1550. The number of rotatable bonds is 60. The third kappa shape index (κ3) is 55.0. The van der Waals surface area contributed by atoms with Crippen LogP contribution in [-0.2, 0) is 65.4 Å². The van der Waals surface area contributed by atoms with Crippen LogP contribution >= 0.6 is 15.6 Å². The van der Waals surface area contributed by atoms with E-state index in [9.17, 15) is 43.2 Å². The minimum Gasteiger partial charge on any atom is -0.462 e. The van der Waals surface area contributed by atoms with E-state index in [0.717, 1.165) is 102 Å². The second-order valence-corrected chi connectivity index (χ2v) is 25.1. The first-order chi connectivity index (χ1) is 38.0. The molecule has 0 spiro atoms. The highest BCUT2D eigenvalue weighted by atomic mass is 31.2. The number of carbonyl (C=O) groups is 4. The molecule has 0 aromatic rings. The van der Waals surface area contributed by atoms with E-state index >= 15 is 0 Å². The minimum atomic E-state index is -4.94.